The van der Waals surface area contributed by atoms with E-state index in [2.05, 4.69) is 16.4 Å². The van der Waals surface area contributed by atoms with Gasteiger partial charge in [-0.05, 0) is 44.4 Å². The molecule has 1 aromatic heterocycles. The molecule has 1 saturated heterocycles. The van der Waals surface area contributed by atoms with Crippen LogP contribution in [0.25, 0.3) is 0 Å². The van der Waals surface area contributed by atoms with Crippen molar-refractivity contribution < 1.29 is 9.47 Å². The summed E-state index contributed by atoms with van der Waals surface area (Å²) in [6.07, 6.45) is 2.18. The Labute approximate surface area is 109 Å². The van der Waals surface area contributed by atoms with Gasteiger partial charge in [-0.25, -0.2) is 4.98 Å². The smallest absolute Gasteiger partial charge is 0.213 e. The summed E-state index contributed by atoms with van der Waals surface area (Å²) in [7, 11) is 1.94. The molecule has 0 amide bonds. The number of nitrogens with one attached hydrogen (secondary N) is 1. The number of aromatic nitrogens is 1. The zero-order chi connectivity index (χ0) is 12.8. The number of ether oxygens (including phenoxy) is 2. The highest BCUT2D eigenvalue weighted by Gasteiger charge is 2.14. The Kier molecular flexibility index (Phi) is 4.96. The first-order chi connectivity index (χ1) is 8.78. The first-order valence-electron chi connectivity index (χ1n) is 6.60. The first kappa shape index (κ1) is 13.3. The molecular formula is C14H22N2O2. The second-order valence-electron chi connectivity index (χ2n) is 4.85. The molecular weight excluding hydrogens is 228 g/mol. The molecule has 1 N–H and O–H groups in total. The van der Waals surface area contributed by atoms with Gasteiger partial charge in [-0.15, -0.1) is 0 Å². The highest BCUT2D eigenvalue weighted by atomic mass is 16.5. The maximum Gasteiger partial charge on any atom is 0.213 e. The van der Waals surface area contributed by atoms with Gasteiger partial charge in [0.05, 0.1) is 6.61 Å². The Morgan fingerprint density at radius 1 is 1.39 bits per heavy atom. The van der Waals surface area contributed by atoms with Crippen LogP contribution in [0.5, 0.6) is 5.88 Å². The zero-order valence-electron chi connectivity index (χ0n) is 11.2. The second-order valence-corrected chi connectivity index (χ2v) is 4.85. The summed E-state index contributed by atoms with van der Waals surface area (Å²) in [6.45, 7) is 5.32. The van der Waals surface area contributed by atoms with Crippen molar-refractivity contribution in [3.05, 3.63) is 23.4 Å². The molecule has 0 atom stereocenters. The lowest BCUT2D eigenvalue weighted by molar-refractivity contribution is 0.0490. The van der Waals surface area contributed by atoms with Gasteiger partial charge in [0.1, 0.15) is 0 Å². The zero-order valence-corrected chi connectivity index (χ0v) is 11.2. The van der Waals surface area contributed by atoms with Crippen molar-refractivity contribution >= 4 is 0 Å². The van der Waals surface area contributed by atoms with Crippen LogP contribution < -0.4 is 10.1 Å². The topological polar surface area (TPSA) is 43.4 Å². The van der Waals surface area contributed by atoms with Crippen LogP contribution in [0.2, 0.25) is 0 Å². The fraction of sp³-hybridized carbons (Fsp3) is 0.643. The Morgan fingerprint density at radius 3 is 2.89 bits per heavy atom. The molecule has 1 fully saturated rings. The van der Waals surface area contributed by atoms with Crippen LogP contribution in [0.4, 0.5) is 0 Å². The van der Waals surface area contributed by atoms with Gasteiger partial charge in [-0.1, -0.05) is 0 Å². The Bertz CT molecular complexity index is 376. The third-order valence-electron chi connectivity index (χ3n) is 3.18. The molecule has 0 spiro atoms. The maximum atomic E-state index is 5.82. The Hall–Kier alpha value is -1.13. The van der Waals surface area contributed by atoms with Crippen molar-refractivity contribution in [3.63, 3.8) is 0 Å². The van der Waals surface area contributed by atoms with Gasteiger partial charge >= 0.3 is 0 Å². The van der Waals surface area contributed by atoms with Gasteiger partial charge in [0.25, 0.3) is 0 Å². The van der Waals surface area contributed by atoms with Crippen molar-refractivity contribution in [1.29, 1.82) is 0 Å². The average Bonchev–Trinajstić information content (AvgIpc) is 2.37. The summed E-state index contributed by atoms with van der Waals surface area (Å²) in [6, 6.07) is 4.10. The summed E-state index contributed by atoms with van der Waals surface area (Å²) in [5.41, 5.74) is 2.22. The van der Waals surface area contributed by atoms with Gasteiger partial charge in [-0.2, -0.15) is 0 Å². The van der Waals surface area contributed by atoms with Crippen LogP contribution in [0.15, 0.2) is 12.1 Å². The highest BCUT2D eigenvalue weighted by molar-refractivity contribution is 5.24. The number of hydrogen-bond acceptors (Lipinski definition) is 4. The van der Waals surface area contributed by atoms with Crippen LogP contribution in [-0.2, 0) is 11.3 Å². The van der Waals surface area contributed by atoms with Gasteiger partial charge < -0.3 is 14.8 Å². The minimum atomic E-state index is 0.605. The first-order valence-corrected chi connectivity index (χ1v) is 6.60. The summed E-state index contributed by atoms with van der Waals surface area (Å²) < 4.78 is 11.2. The molecule has 0 radical (unpaired) electrons. The van der Waals surface area contributed by atoms with Crippen LogP contribution in [0, 0.1) is 12.8 Å². The number of pyridine rings is 1. The lowest BCUT2D eigenvalue weighted by Crippen LogP contribution is -2.21. The predicted molar refractivity (Wildman–Crippen MR) is 70.8 cm³/mol. The van der Waals surface area contributed by atoms with Crippen LogP contribution in [-0.4, -0.2) is 31.9 Å². The van der Waals surface area contributed by atoms with Crippen molar-refractivity contribution in [3.8, 4) is 5.88 Å². The number of hydrogen-bond donors (Lipinski definition) is 1. The largest absolute Gasteiger partial charge is 0.477 e. The van der Waals surface area contributed by atoms with Crippen LogP contribution in [0.3, 0.4) is 0 Å². The fourth-order valence-corrected chi connectivity index (χ4v) is 2.20. The van der Waals surface area contributed by atoms with Crippen molar-refractivity contribution in [2.45, 2.75) is 26.3 Å². The summed E-state index contributed by atoms with van der Waals surface area (Å²) >= 11 is 0. The average molecular weight is 250 g/mol. The lowest BCUT2D eigenvalue weighted by atomic mass is 10.0. The number of aryl methyl sites for hydroxylation is 1. The minimum Gasteiger partial charge on any atom is -0.477 e. The van der Waals surface area contributed by atoms with E-state index in [0.717, 1.165) is 50.8 Å². The van der Waals surface area contributed by atoms with Gasteiger partial charge in [0.15, 0.2) is 0 Å². The molecule has 1 aromatic rings. The highest BCUT2D eigenvalue weighted by Crippen LogP contribution is 2.18. The third-order valence-corrected chi connectivity index (χ3v) is 3.18. The minimum absolute atomic E-state index is 0.605. The van der Waals surface area contributed by atoms with E-state index < -0.39 is 0 Å². The molecule has 4 heteroatoms. The van der Waals surface area contributed by atoms with E-state index in [4.69, 9.17) is 9.47 Å². The van der Waals surface area contributed by atoms with E-state index in [0.29, 0.717) is 5.92 Å². The predicted octanol–water partition coefficient (Wildman–Crippen LogP) is 1.91. The molecule has 0 unspecified atom stereocenters. The van der Waals surface area contributed by atoms with Gasteiger partial charge in [-0.3, -0.25) is 0 Å². The lowest BCUT2D eigenvalue weighted by Gasteiger charge is -2.22. The summed E-state index contributed by atoms with van der Waals surface area (Å²) in [4.78, 5) is 4.42. The van der Waals surface area contributed by atoms with E-state index in [9.17, 15) is 0 Å². The summed E-state index contributed by atoms with van der Waals surface area (Å²) in [5.74, 6) is 1.35. The SMILES string of the molecule is CNCc1cc(C)nc(OCC2CCOCC2)c1. The maximum absolute atomic E-state index is 5.82. The molecule has 0 bridgehead atoms. The van der Waals surface area contributed by atoms with Crippen LogP contribution in [0.1, 0.15) is 24.1 Å². The molecule has 0 aliphatic carbocycles. The molecule has 0 aromatic carbocycles. The van der Waals surface area contributed by atoms with Crippen LogP contribution >= 0.6 is 0 Å². The molecule has 0 saturated carbocycles. The quantitative estimate of drug-likeness (QED) is 0.867. The van der Waals surface area contributed by atoms with Crippen molar-refractivity contribution in [2.24, 2.45) is 5.92 Å². The molecule has 1 aliphatic rings. The Balaban J connectivity index is 1.91. The molecule has 100 valence electrons. The van der Waals surface area contributed by atoms with E-state index in [1.807, 2.05) is 20.0 Å². The Morgan fingerprint density at radius 2 is 2.17 bits per heavy atom. The second kappa shape index (κ2) is 6.71. The molecule has 18 heavy (non-hydrogen) atoms. The van der Waals surface area contributed by atoms with Gasteiger partial charge in [0, 0.05) is 31.5 Å². The van der Waals surface area contributed by atoms with Crippen molar-refractivity contribution in [2.75, 3.05) is 26.9 Å². The molecule has 2 heterocycles. The van der Waals surface area contributed by atoms with Gasteiger partial charge in [0.2, 0.25) is 5.88 Å². The normalized spacial score (nSPS) is 16.8. The molecule has 2 rings (SSSR count). The summed E-state index contributed by atoms with van der Waals surface area (Å²) in [5, 5.41) is 3.14. The fourth-order valence-electron chi connectivity index (χ4n) is 2.20. The standard InChI is InChI=1S/C14H22N2O2/c1-11-7-13(9-15-2)8-14(16-11)18-10-12-3-5-17-6-4-12/h7-8,12,15H,3-6,9-10H2,1-2H3. The number of nitrogens with zero attached hydrogens (tertiary/aromatic N) is 1. The molecule has 4 nitrogen and oxygen atoms in total. The van der Waals surface area contributed by atoms with E-state index in [1.165, 1.54) is 5.56 Å². The monoisotopic (exact) mass is 250 g/mol. The molecule has 1 aliphatic heterocycles. The van der Waals surface area contributed by atoms with E-state index in [1.54, 1.807) is 0 Å². The van der Waals surface area contributed by atoms with Crippen molar-refractivity contribution in [1.82, 2.24) is 10.3 Å². The van der Waals surface area contributed by atoms with E-state index >= 15 is 0 Å². The third kappa shape index (κ3) is 3.96. The van der Waals surface area contributed by atoms with E-state index in [-0.39, 0.29) is 0 Å². The number of rotatable bonds is 5.